The van der Waals surface area contributed by atoms with Crippen LogP contribution in [0.25, 0.3) is 0 Å². The van der Waals surface area contributed by atoms with E-state index in [0.717, 1.165) is 26.2 Å². The van der Waals surface area contributed by atoms with Crippen molar-refractivity contribution in [1.29, 1.82) is 0 Å². The first kappa shape index (κ1) is 28.3. The van der Waals surface area contributed by atoms with Gasteiger partial charge in [0.25, 0.3) is 0 Å². The van der Waals surface area contributed by atoms with E-state index in [-0.39, 0.29) is 29.3 Å². The standard InChI is InChI=1S/C30H52N4O4/c1-21(2)16-24-27(35)34(15-11-31-24)25(17-22(3)4)28(36)33-14-10-30(18-23(33)5)37-19-29(20-38-30)9-6-8-26(29)32-12-7-13-32/h21-26,31H,6-20H2,1-5H3/t23-,24-,25-,26?,29?,30?/m0/s1. The molecule has 0 aromatic rings. The number of nitrogens with one attached hydrogen (secondary N) is 1. The molecule has 0 bridgehead atoms. The summed E-state index contributed by atoms with van der Waals surface area (Å²) < 4.78 is 13.3. The van der Waals surface area contributed by atoms with Crippen LogP contribution < -0.4 is 5.32 Å². The number of rotatable bonds is 7. The summed E-state index contributed by atoms with van der Waals surface area (Å²) >= 11 is 0. The van der Waals surface area contributed by atoms with Crippen molar-refractivity contribution in [3.8, 4) is 0 Å². The summed E-state index contributed by atoms with van der Waals surface area (Å²) in [6, 6.07) is 0.0167. The highest BCUT2D eigenvalue weighted by Crippen LogP contribution is 2.49. The van der Waals surface area contributed by atoms with E-state index in [2.05, 4.69) is 44.8 Å². The average Bonchev–Trinajstić information content (AvgIpc) is 3.22. The SMILES string of the molecule is CC(C)C[C@@H]1NCCN([C@@H](CC(C)C)C(=O)N2CCC3(C[C@@H]2C)OCC2(CCCC2N2CCC2)CO3)C1=O. The Hall–Kier alpha value is -1.22. The number of carbonyl (C=O) groups excluding carboxylic acids is 2. The number of piperidine rings is 1. The third-order valence-corrected chi connectivity index (χ3v) is 9.98. The van der Waals surface area contributed by atoms with Gasteiger partial charge in [0.15, 0.2) is 5.79 Å². The van der Waals surface area contributed by atoms with E-state index in [0.29, 0.717) is 50.2 Å². The Balaban J connectivity index is 1.23. The van der Waals surface area contributed by atoms with Crippen molar-refractivity contribution >= 4 is 11.8 Å². The normalized spacial score (nSPS) is 37.4. The quantitative estimate of drug-likeness (QED) is 0.543. The van der Waals surface area contributed by atoms with Crippen molar-refractivity contribution in [2.45, 2.75) is 116 Å². The second-order valence-electron chi connectivity index (χ2n) is 13.8. The lowest BCUT2D eigenvalue weighted by Gasteiger charge is -2.54. The van der Waals surface area contributed by atoms with E-state index < -0.39 is 11.8 Å². The molecule has 4 saturated heterocycles. The van der Waals surface area contributed by atoms with Crippen LogP contribution in [0.3, 0.4) is 0 Å². The number of carbonyl (C=O) groups is 2. The molecular formula is C30H52N4O4. The maximum Gasteiger partial charge on any atom is 0.245 e. The highest BCUT2D eigenvalue weighted by Gasteiger charge is 2.55. The zero-order valence-corrected chi connectivity index (χ0v) is 24.5. The molecule has 1 N–H and O–H groups in total. The minimum absolute atomic E-state index is 0.0131. The van der Waals surface area contributed by atoms with E-state index in [9.17, 15) is 9.59 Å². The molecule has 5 rings (SSSR count). The van der Waals surface area contributed by atoms with Gasteiger partial charge in [-0.2, -0.15) is 0 Å². The van der Waals surface area contributed by atoms with E-state index in [1.165, 1.54) is 38.8 Å². The van der Waals surface area contributed by atoms with Crippen molar-refractivity contribution < 1.29 is 19.1 Å². The Bertz CT molecular complexity index is 851. The van der Waals surface area contributed by atoms with Gasteiger partial charge in [-0.1, -0.05) is 34.1 Å². The van der Waals surface area contributed by atoms with E-state index in [1.54, 1.807) is 0 Å². The summed E-state index contributed by atoms with van der Waals surface area (Å²) in [5.41, 5.74) is 0.138. The second-order valence-corrected chi connectivity index (χ2v) is 13.8. The molecule has 4 atom stereocenters. The van der Waals surface area contributed by atoms with Gasteiger partial charge in [0.2, 0.25) is 11.8 Å². The molecule has 2 amide bonds. The zero-order valence-electron chi connectivity index (χ0n) is 24.5. The van der Waals surface area contributed by atoms with Gasteiger partial charge in [0.05, 0.1) is 19.3 Å². The van der Waals surface area contributed by atoms with Crippen LogP contribution in [0.1, 0.15) is 86.0 Å². The lowest BCUT2D eigenvalue weighted by atomic mass is 9.80. The largest absolute Gasteiger partial charge is 0.349 e. The molecule has 1 saturated carbocycles. The maximum absolute atomic E-state index is 14.1. The lowest BCUT2D eigenvalue weighted by Crippen LogP contribution is -2.65. The summed E-state index contributed by atoms with van der Waals surface area (Å²) in [5, 5.41) is 3.39. The van der Waals surface area contributed by atoms with Crippen LogP contribution in [0.2, 0.25) is 0 Å². The Morgan fingerprint density at radius 3 is 2.37 bits per heavy atom. The molecule has 1 unspecified atom stereocenters. The molecule has 1 aliphatic carbocycles. The van der Waals surface area contributed by atoms with Crippen LogP contribution in [0.15, 0.2) is 0 Å². The van der Waals surface area contributed by atoms with Gasteiger partial charge in [-0.25, -0.2) is 0 Å². The third-order valence-electron chi connectivity index (χ3n) is 9.98. The Morgan fingerprint density at radius 1 is 1.03 bits per heavy atom. The van der Waals surface area contributed by atoms with Gasteiger partial charge >= 0.3 is 0 Å². The first-order chi connectivity index (χ1) is 18.1. The van der Waals surface area contributed by atoms with Gasteiger partial charge in [0, 0.05) is 50.0 Å². The molecule has 216 valence electrons. The molecule has 0 aromatic heterocycles. The first-order valence-corrected chi connectivity index (χ1v) is 15.5. The summed E-state index contributed by atoms with van der Waals surface area (Å²) in [6.07, 6.45) is 7.93. The molecule has 2 spiro atoms. The second kappa shape index (κ2) is 11.3. The number of hydrogen-bond acceptors (Lipinski definition) is 6. The number of likely N-dealkylation sites (tertiary alicyclic amines) is 2. The van der Waals surface area contributed by atoms with E-state index in [1.807, 2.05) is 9.80 Å². The molecule has 4 heterocycles. The maximum atomic E-state index is 14.1. The minimum atomic E-state index is -0.579. The van der Waals surface area contributed by atoms with Crippen LogP contribution in [0.4, 0.5) is 0 Å². The number of nitrogens with zero attached hydrogens (tertiary/aromatic N) is 3. The molecule has 0 radical (unpaired) electrons. The average molecular weight is 533 g/mol. The number of amides is 2. The van der Waals surface area contributed by atoms with Crippen molar-refractivity contribution in [2.75, 3.05) is 45.9 Å². The summed E-state index contributed by atoms with van der Waals surface area (Å²) in [7, 11) is 0. The fourth-order valence-electron chi connectivity index (χ4n) is 7.80. The van der Waals surface area contributed by atoms with Crippen LogP contribution in [0.5, 0.6) is 0 Å². The van der Waals surface area contributed by atoms with Crippen LogP contribution >= 0.6 is 0 Å². The molecular weight excluding hydrogens is 480 g/mol. The molecule has 8 heteroatoms. The van der Waals surface area contributed by atoms with Crippen molar-refractivity contribution in [2.24, 2.45) is 17.3 Å². The summed E-state index contributed by atoms with van der Waals surface area (Å²) in [6.45, 7) is 16.6. The molecule has 4 aliphatic heterocycles. The van der Waals surface area contributed by atoms with Gasteiger partial charge < -0.3 is 24.6 Å². The Labute approximate surface area is 230 Å². The highest BCUT2D eigenvalue weighted by molar-refractivity contribution is 5.90. The van der Waals surface area contributed by atoms with Crippen LogP contribution in [0, 0.1) is 17.3 Å². The van der Waals surface area contributed by atoms with Crippen molar-refractivity contribution in [3.63, 3.8) is 0 Å². The Kier molecular flexibility index (Phi) is 8.45. The molecule has 0 aromatic carbocycles. The summed E-state index contributed by atoms with van der Waals surface area (Å²) in [5.74, 6) is 0.357. The molecule has 5 fully saturated rings. The lowest BCUT2D eigenvalue weighted by molar-refractivity contribution is -0.326. The van der Waals surface area contributed by atoms with E-state index >= 15 is 0 Å². The molecule has 38 heavy (non-hydrogen) atoms. The number of ether oxygens (including phenoxy) is 2. The van der Waals surface area contributed by atoms with Gasteiger partial charge in [0.1, 0.15) is 6.04 Å². The summed E-state index contributed by atoms with van der Waals surface area (Å²) in [4.78, 5) is 34.1. The monoisotopic (exact) mass is 532 g/mol. The molecule has 5 aliphatic rings. The van der Waals surface area contributed by atoms with Gasteiger partial charge in [-0.05, 0) is 64.0 Å². The van der Waals surface area contributed by atoms with Crippen LogP contribution in [-0.4, -0.2) is 102 Å². The highest BCUT2D eigenvalue weighted by atomic mass is 16.7. The van der Waals surface area contributed by atoms with Crippen LogP contribution in [-0.2, 0) is 19.1 Å². The van der Waals surface area contributed by atoms with Crippen molar-refractivity contribution in [3.05, 3.63) is 0 Å². The molecule has 8 nitrogen and oxygen atoms in total. The smallest absolute Gasteiger partial charge is 0.245 e. The van der Waals surface area contributed by atoms with E-state index in [4.69, 9.17) is 9.47 Å². The fourth-order valence-corrected chi connectivity index (χ4v) is 7.80. The third kappa shape index (κ3) is 5.52. The topological polar surface area (TPSA) is 74.3 Å². The number of piperazine rings is 1. The first-order valence-electron chi connectivity index (χ1n) is 15.5. The van der Waals surface area contributed by atoms with Gasteiger partial charge in [-0.3, -0.25) is 14.5 Å². The minimum Gasteiger partial charge on any atom is -0.349 e. The predicted octanol–water partition coefficient (Wildman–Crippen LogP) is 3.25. The van der Waals surface area contributed by atoms with Gasteiger partial charge in [-0.15, -0.1) is 0 Å². The van der Waals surface area contributed by atoms with Crippen molar-refractivity contribution in [1.82, 2.24) is 20.0 Å². The number of hydrogen-bond donors (Lipinski definition) is 1. The Morgan fingerprint density at radius 2 is 1.76 bits per heavy atom. The zero-order chi connectivity index (χ0) is 27.1. The predicted molar refractivity (Wildman–Crippen MR) is 148 cm³/mol. The fraction of sp³-hybridized carbons (Fsp3) is 0.933.